The van der Waals surface area contributed by atoms with E-state index >= 15 is 0 Å². The van der Waals surface area contributed by atoms with Gasteiger partial charge < -0.3 is 18.9 Å². The van der Waals surface area contributed by atoms with Crippen LogP contribution in [0.5, 0.6) is 0 Å². The summed E-state index contributed by atoms with van der Waals surface area (Å²) in [4.78, 5) is 51.7. The maximum atomic E-state index is 13.0. The molecule has 2 aliphatic carbocycles. The third-order valence-corrected chi connectivity index (χ3v) is 5.55. The van der Waals surface area contributed by atoms with Crippen LogP contribution >= 0.6 is 0 Å². The Kier molecular flexibility index (Phi) is 5.73. The lowest BCUT2D eigenvalue weighted by molar-refractivity contribution is -0.200. The van der Waals surface area contributed by atoms with Crippen molar-refractivity contribution in [2.75, 3.05) is 28.4 Å². The molecule has 0 unspecified atom stereocenters. The zero-order chi connectivity index (χ0) is 19.5. The van der Waals surface area contributed by atoms with Gasteiger partial charge in [-0.05, 0) is 25.7 Å². The van der Waals surface area contributed by atoms with E-state index in [1.807, 2.05) is 6.08 Å². The van der Waals surface area contributed by atoms with E-state index in [4.69, 9.17) is 18.9 Å². The first-order chi connectivity index (χ1) is 12.4. The van der Waals surface area contributed by atoms with E-state index in [2.05, 4.69) is 0 Å². The number of carbonyl (C=O) groups excluding carboxylic acids is 4. The van der Waals surface area contributed by atoms with Gasteiger partial charge in [0.05, 0.1) is 28.4 Å². The first kappa shape index (κ1) is 19.9. The van der Waals surface area contributed by atoms with Crippen molar-refractivity contribution >= 4 is 23.9 Å². The first-order valence-corrected chi connectivity index (χ1v) is 8.41. The number of fused-ring (bicyclic) bond motifs is 1. The normalized spacial score (nSPS) is 22.9. The van der Waals surface area contributed by atoms with Gasteiger partial charge in [-0.15, -0.1) is 0 Å². The molecule has 8 nitrogen and oxygen atoms in total. The van der Waals surface area contributed by atoms with Crippen LogP contribution < -0.4 is 0 Å². The average Bonchev–Trinajstić information content (AvgIpc) is 2.79. The number of hydrogen-bond donors (Lipinski definition) is 0. The molecule has 0 aromatic carbocycles. The van der Waals surface area contributed by atoms with Crippen LogP contribution in [0, 0.1) is 16.7 Å². The summed E-state index contributed by atoms with van der Waals surface area (Å²) in [7, 11) is 4.39. The van der Waals surface area contributed by atoms with E-state index < -0.39 is 40.6 Å². The monoisotopic (exact) mass is 368 g/mol. The second-order valence-electron chi connectivity index (χ2n) is 6.47. The van der Waals surface area contributed by atoms with Gasteiger partial charge in [0.15, 0.2) is 10.8 Å². The predicted octanol–water partition coefficient (Wildman–Crippen LogP) is 1.17. The quantitative estimate of drug-likeness (QED) is 0.315. The number of esters is 4. The predicted molar refractivity (Wildman–Crippen MR) is 87.6 cm³/mol. The smallest absolute Gasteiger partial charge is 0.325 e. The van der Waals surface area contributed by atoms with Gasteiger partial charge in [0, 0.05) is 5.92 Å². The number of carbonyl (C=O) groups is 4. The Morgan fingerprint density at radius 1 is 0.846 bits per heavy atom. The Bertz CT molecular complexity index is 616. The zero-order valence-electron chi connectivity index (χ0n) is 15.5. The number of ether oxygens (including phenoxy) is 4. The van der Waals surface area contributed by atoms with Gasteiger partial charge in [0.1, 0.15) is 0 Å². The molecule has 0 radical (unpaired) electrons. The number of methoxy groups -OCH3 is 4. The molecule has 0 bridgehead atoms. The molecule has 0 N–H and O–H groups in total. The van der Waals surface area contributed by atoms with Crippen LogP contribution in [-0.4, -0.2) is 52.3 Å². The Hall–Kier alpha value is -2.38. The van der Waals surface area contributed by atoms with E-state index in [1.165, 1.54) is 0 Å². The van der Waals surface area contributed by atoms with E-state index in [0.717, 1.165) is 47.7 Å². The lowest BCUT2D eigenvalue weighted by atomic mass is 9.60. The lowest BCUT2D eigenvalue weighted by Gasteiger charge is -2.39. The van der Waals surface area contributed by atoms with Crippen molar-refractivity contribution in [1.29, 1.82) is 0 Å². The van der Waals surface area contributed by atoms with Crippen molar-refractivity contribution in [3.05, 3.63) is 11.6 Å². The molecule has 0 amide bonds. The highest BCUT2D eigenvalue weighted by molar-refractivity contribution is 6.16. The molecule has 0 spiro atoms. The standard InChI is InChI=1S/C18H24O8/c1-23-13(19)17(14(20)24-2)10-11-8-6-5-7-9-12(11)18(17,15(21)25-3)16(22)26-4/h8,12H,5-7,9-10H2,1-4H3/t12-/m0/s1. The zero-order valence-corrected chi connectivity index (χ0v) is 15.5. The molecule has 0 heterocycles. The third-order valence-electron chi connectivity index (χ3n) is 5.55. The molecule has 1 atom stereocenters. The number of hydrogen-bond acceptors (Lipinski definition) is 8. The summed E-state index contributed by atoms with van der Waals surface area (Å²) in [5.41, 5.74) is -3.70. The highest BCUT2D eigenvalue weighted by Crippen LogP contribution is 2.63. The Morgan fingerprint density at radius 3 is 1.81 bits per heavy atom. The molecule has 2 rings (SSSR count). The van der Waals surface area contributed by atoms with Gasteiger partial charge in [-0.25, -0.2) is 0 Å². The van der Waals surface area contributed by atoms with Crippen molar-refractivity contribution in [3.8, 4) is 0 Å². The Labute approximate surface area is 151 Å². The van der Waals surface area contributed by atoms with Gasteiger partial charge in [0.2, 0.25) is 0 Å². The fourth-order valence-electron chi connectivity index (χ4n) is 4.48. The summed E-state index contributed by atoms with van der Waals surface area (Å²) >= 11 is 0. The molecule has 0 aromatic rings. The summed E-state index contributed by atoms with van der Waals surface area (Å²) in [6.07, 6.45) is 4.49. The minimum atomic E-state index is -2.19. The molecule has 2 aliphatic rings. The van der Waals surface area contributed by atoms with E-state index in [0.29, 0.717) is 12.0 Å². The molecule has 144 valence electrons. The minimum absolute atomic E-state index is 0.152. The van der Waals surface area contributed by atoms with Gasteiger partial charge in [-0.2, -0.15) is 0 Å². The van der Waals surface area contributed by atoms with Gasteiger partial charge >= 0.3 is 23.9 Å². The fourth-order valence-corrected chi connectivity index (χ4v) is 4.48. The molecule has 0 aromatic heterocycles. The summed E-state index contributed by atoms with van der Waals surface area (Å²) in [6, 6.07) is 0. The SMILES string of the molecule is COC(=O)C1(C(=O)OC)CC2=CCCCC[C@@H]2C1(C(=O)OC)C(=O)OC. The fraction of sp³-hybridized carbons (Fsp3) is 0.667. The van der Waals surface area contributed by atoms with Crippen molar-refractivity contribution in [2.45, 2.75) is 32.1 Å². The third kappa shape index (κ3) is 2.42. The highest BCUT2D eigenvalue weighted by atomic mass is 16.6. The molecule has 1 fully saturated rings. The van der Waals surface area contributed by atoms with Crippen molar-refractivity contribution in [1.82, 2.24) is 0 Å². The summed E-state index contributed by atoms with van der Waals surface area (Å²) in [6.45, 7) is 0. The van der Waals surface area contributed by atoms with Gasteiger partial charge in [-0.1, -0.05) is 18.1 Å². The Morgan fingerprint density at radius 2 is 1.35 bits per heavy atom. The molecule has 1 saturated carbocycles. The molecular weight excluding hydrogens is 344 g/mol. The maximum absolute atomic E-state index is 13.0. The lowest BCUT2D eigenvalue weighted by Crippen LogP contribution is -2.61. The van der Waals surface area contributed by atoms with Crippen LogP contribution in [0.1, 0.15) is 32.1 Å². The van der Waals surface area contributed by atoms with Crippen molar-refractivity contribution < 1.29 is 38.1 Å². The van der Waals surface area contributed by atoms with Gasteiger partial charge in [-0.3, -0.25) is 19.2 Å². The highest BCUT2D eigenvalue weighted by Gasteiger charge is 2.79. The number of allylic oxidation sites excluding steroid dienone is 2. The van der Waals surface area contributed by atoms with Crippen LogP contribution in [0.3, 0.4) is 0 Å². The number of rotatable bonds is 4. The first-order valence-electron chi connectivity index (χ1n) is 8.41. The average molecular weight is 368 g/mol. The van der Waals surface area contributed by atoms with E-state index in [1.54, 1.807) is 0 Å². The largest absolute Gasteiger partial charge is 0.468 e. The van der Waals surface area contributed by atoms with E-state index in [-0.39, 0.29) is 6.42 Å². The molecule has 0 saturated heterocycles. The van der Waals surface area contributed by atoms with Gasteiger partial charge in [0.25, 0.3) is 0 Å². The second-order valence-corrected chi connectivity index (χ2v) is 6.47. The summed E-state index contributed by atoms with van der Waals surface area (Å²) in [5, 5.41) is 0. The Balaban J connectivity index is 2.91. The second kappa shape index (κ2) is 7.47. The summed E-state index contributed by atoms with van der Waals surface area (Å²) in [5.74, 6) is -4.75. The topological polar surface area (TPSA) is 105 Å². The van der Waals surface area contributed by atoms with Crippen LogP contribution in [0.2, 0.25) is 0 Å². The van der Waals surface area contributed by atoms with E-state index in [9.17, 15) is 19.2 Å². The van der Waals surface area contributed by atoms with Crippen LogP contribution in [-0.2, 0) is 38.1 Å². The van der Waals surface area contributed by atoms with Crippen molar-refractivity contribution in [2.24, 2.45) is 16.7 Å². The van der Waals surface area contributed by atoms with Crippen LogP contribution in [0.4, 0.5) is 0 Å². The minimum Gasteiger partial charge on any atom is -0.468 e. The van der Waals surface area contributed by atoms with Crippen molar-refractivity contribution in [3.63, 3.8) is 0 Å². The van der Waals surface area contributed by atoms with Crippen LogP contribution in [0.15, 0.2) is 11.6 Å². The molecule has 8 heteroatoms. The van der Waals surface area contributed by atoms with Crippen LogP contribution in [0.25, 0.3) is 0 Å². The molecule has 26 heavy (non-hydrogen) atoms. The molecule has 0 aliphatic heterocycles. The summed E-state index contributed by atoms with van der Waals surface area (Å²) < 4.78 is 19.5. The molecular formula is C18H24O8. The maximum Gasteiger partial charge on any atom is 0.325 e.